The smallest absolute Gasteiger partial charge is 0.222 e. The number of benzene rings is 1. The standard InChI is InChI=1S/C13H13ClN4O/c1-8-3-4-10(7-11(8)14)16-13-6-5-12(17-18-13)15-9(2)19/h3-7H,1-2H3,(H,16,18)(H,15,17,19). The van der Waals surface area contributed by atoms with Crippen molar-refractivity contribution in [3.05, 3.63) is 40.9 Å². The van der Waals surface area contributed by atoms with Crippen LogP contribution in [0.5, 0.6) is 0 Å². The Morgan fingerprint density at radius 1 is 1.16 bits per heavy atom. The Morgan fingerprint density at radius 3 is 2.42 bits per heavy atom. The molecule has 1 heterocycles. The van der Waals surface area contributed by atoms with Crippen LogP contribution in [0.15, 0.2) is 30.3 Å². The number of aromatic nitrogens is 2. The van der Waals surface area contributed by atoms with E-state index in [0.717, 1.165) is 11.3 Å². The van der Waals surface area contributed by atoms with Crippen LogP contribution in [0.4, 0.5) is 17.3 Å². The third-order valence-electron chi connectivity index (χ3n) is 2.41. The van der Waals surface area contributed by atoms with Crippen molar-refractivity contribution in [2.75, 3.05) is 10.6 Å². The summed E-state index contributed by atoms with van der Waals surface area (Å²) in [7, 11) is 0. The third kappa shape index (κ3) is 3.66. The van der Waals surface area contributed by atoms with Gasteiger partial charge in [0.15, 0.2) is 11.6 Å². The average molecular weight is 277 g/mol. The highest BCUT2D eigenvalue weighted by molar-refractivity contribution is 6.31. The Bertz CT molecular complexity index is 598. The van der Waals surface area contributed by atoms with Gasteiger partial charge in [-0.2, -0.15) is 0 Å². The number of rotatable bonds is 3. The zero-order valence-corrected chi connectivity index (χ0v) is 11.3. The van der Waals surface area contributed by atoms with E-state index >= 15 is 0 Å². The van der Waals surface area contributed by atoms with E-state index in [2.05, 4.69) is 20.8 Å². The van der Waals surface area contributed by atoms with Gasteiger partial charge in [-0.05, 0) is 36.8 Å². The van der Waals surface area contributed by atoms with Gasteiger partial charge in [-0.15, -0.1) is 10.2 Å². The highest BCUT2D eigenvalue weighted by Gasteiger charge is 2.01. The summed E-state index contributed by atoms with van der Waals surface area (Å²) in [5.74, 6) is 0.814. The highest BCUT2D eigenvalue weighted by Crippen LogP contribution is 2.22. The molecule has 6 heteroatoms. The molecule has 2 rings (SSSR count). The van der Waals surface area contributed by atoms with E-state index in [0.29, 0.717) is 16.7 Å². The molecule has 0 aliphatic heterocycles. The number of anilines is 3. The maximum Gasteiger partial charge on any atom is 0.222 e. The van der Waals surface area contributed by atoms with Crippen LogP contribution >= 0.6 is 11.6 Å². The minimum absolute atomic E-state index is 0.180. The fourth-order valence-corrected chi connectivity index (χ4v) is 1.64. The monoisotopic (exact) mass is 276 g/mol. The second-order valence-electron chi connectivity index (χ2n) is 4.07. The van der Waals surface area contributed by atoms with Gasteiger partial charge in [-0.1, -0.05) is 17.7 Å². The molecule has 98 valence electrons. The molecule has 0 aliphatic carbocycles. The van der Waals surface area contributed by atoms with Crippen molar-refractivity contribution in [3.8, 4) is 0 Å². The molecule has 5 nitrogen and oxygen atoms in total. The van der Waals surface area contributed by atoms with E-state index in [4.69, 9.17) is 11.6 Å². The second-order valence-corrected chi connectivity index (χ2v) is 4.48. The van der Waals surface area contributed by atoms with Crippen LogP contribution < -0.4 is 10.6 Å². The number of halogens is 1. The van der Waals surface area contributed by atoms with Crippen LogP contribution in [0, 0.1) is 6.92 Å². The van der Waals surface area contributed by atoms with Gasteiger partial charge in [0.05, 0.1) is 0 Å². The molecule has 0 unspecified atom stereocenters. The number of nitrogens with one attached hydrogen (secondary N) is 2. The Labute approximate surface area is 116 Å². The highest BCUT2D eigenvalue weighted by atomic mass is 35.5. The van der Waals surface area contributed by atoms with Crippen molar-refractivity contribution in [2.45, 2.75) is 13.8 Å². The summed E-state index contributed by atoms with van der Waals surface area (Å²) in [6.45, 7) is 3.36. The Balaban J connectivity index is 2.10. The van der Waals surface area contributed by atoms with Crippen molar-refractivity contribution in [3.63, 3.8) is 0 Å². The largest absolute Gasteiger partial charge is 0.339 e. The molecule has 0 saturated carbocycles. The lowest BCUT2D eigenvalue weighted by Crippen LogP contribution is -2.08. The fraction of sp³-hybridized carbons (Fsp3) is 0.154. The second kappa shape index (κ2) is 5.67. The summed E-state index contributed by atoms with van der Waals surface area (Å²) in [5, 5.41) is 14.2. The number of carbonyl (C=O) groups excluding carboxylic acids is 1. The molecule has 2 aromatic rings. The van der Waals surface area contributed by atoms with Crippen LogP contribution in [0.25, 0.3) is 0 Å². The van der Waals surface area contributed by atoms with Crippen molar-refractivity contribution in [1.29, 1.82) is 0 Å². The summed E-state index contributed by atoms with van der Waals surface area (Å²) >= 11 is 6.04. The third-order valence-corrected chi connectivity index (χ3v) is 2.82. The maximum atomic E-state index is 10.8. The van der Waals surface area contributed by atoms with Crippen molar-refractivity contribution in [2.24, 2.45) is 0 Å². The summed E-state index contributed by atoms with van der Waals surface area (Å²) in [5.41, 5.74) is 1.84. The zero-order chi connectivity index (χ0) is 13.8. The van der Waals surface area contributed by atoms with Crippen molar-refractivity contribution in [1.82, 2.24) is 10.2 Å². The molecule has 19 heavy (non-hydrogen) atoms. The predicted molar refractivity (Wildman–Crippen MR) is 75.8 cm³/mol. The average Bonchev–Trinajstić information content (AvgIpc) is 2.36. The van der Waals surface area contributed by atoms with E-state index in [-0.39, 0.29) is 5.91 Å². The lowest BCUT2D eigenvalue weighted by molar-refractivity contribution is -0.114. The molecule has 0 atom stereocenters. The first-order chi connectivity index (χ1) is 9.04. The lowest BCUT2D eigenvalue weighted by Gasteiger charge is -2.07. The van der Waals surface area contributed by atoms with Crippen molar-refractivity contribution < 1.29 is 4.79 Å². The molecule has 0 saturated heterocycles. The van der Waals surface area contributed by atoms with Crippen LogP contribution in [-0.2, 0) is 4.79 Å². The molecule has 1 aromatic carbocycles. The van der Waals surface area contributed by atoms with Gasteiger partial charge in [0.1, 0.15) is 0 Å². The van der Waals surface area contributed by atoms with Gasteiger partial charge in [0.2, 0.25) is 5.91 Å². The van der Waals surface area contributed by atoms with Gasteiger partial charge < -0.3 is 10.6 Å². The number of hydrogen-bond acceptors (Lipinski definition) is 4. The van der Waals surface area contributed by atoms with E-state index in [9.17, 15) is 4.79 Å². The first kappa shape index (κ1) is 13.3. The molecule has 0 bridgehead atoms. The van der Waals surface area contributed by atoms with E-state index in [1.165, 1.54) is 6.92 Å². The SMILES string of the molecule is CC(=O)Nc1ccc(Nc2ccc(C)c(Cl)c2)nn1. The zero-order valence-electron chi connectivity index (χ0n) is 10.6. The molecule has 0 fully saturated rings. The number of nitrogens with zero attached hydrogens (tertiary/aromatic N) is 2. The molecular formula is C13H13ClN4O. The minimum Gasteiger partial charge on any atom is -0.339 e. The summed E-state index contributed by atoms with van der Waals surface area (Å²) in [6, 6.07) is 9.05. The van der Waals surface area contributed by atoms with Gasteiger partial charge >= 0.3 is 0 Å². The molecule has 0 spiro atoms. The van der Waals surface area contributed by atoms with E-state index in [1.807, 2.05) is 25.1 Å². The topological polar surface area (TPSA) is 66.9 Å². The van der Waals surface area contributed by atoms with Crippen molar-refractivity contribution >= 4 is 34.8 Å². The van der Waals surface area contributed by atoms with E-state index < -0.39 is 0 Å². The van der Waals surface area contributed by atoms with Gasteiger partial charge in [-0.25, -0.2) is 0 Å². The molecule has 2 N–H and O–H groups in total. The van der Waals surface area contributed by atoms with Gasteiger partial charge in [0, 0.05) is 17.6 Å². The normalized spacial score (nSPS) is 10.1. The van der Waals surface area contributed by atoms with Crippen LogP contribution in [0.1, 0.15) is 12.5 Å². The number of amides is 1. The summed E-state index contributed by atoms with van der Waals surface area (Å²) in [4.78, 5) is 10.8. The summed E-state index contributed by atoms with van der Waals surface area (Å²) < 4.78 is 0. The predicted octanol–water partition coefficient (Wildman–Crippen LogP) is 3.14. The van der Waals surface area contributed by atoms with Crippen LogP contribution in [-0.4, -0.2) is 16.1 Å². The van der Waals surface area contributed by atoms with Crippen LogP contribution in [0.3, 0.4) is 0 Å². The minimum atomic E-state index is -0.180. The maximum absolute atomic E-state index is 10.8. The molecule has 1 aromatic heterocycles. The quantitative estimate of drug-likeness (QED) is 0.904. The number of aryl methyl sites for hydroxylation is 1. The molecular weight excluding hydrogens is 264 g/mol. The Kier molecular flexibility index (Phi) is 3.97. The Hall–Kier alpha value is -2.14. The summed E-state index contributed by atoms with van der Waals surface area (Å²) in [6.07, 6.45) is 0. The molecule has 1 amide bonds. The number of carbonyl (C=O) groups is 1. The van der Waals surface area contributed by atoms with E-state index in [1.54, 1.807) is 12.1 Å². The fourth-order valence-electron chi connectivity index (χ4n) is 1.46. The number of hydrogen-bond donors (Lipinski definition) is 2. The lowest BCUT2D eigenvalue weighted by atomic mass is 10.2. The first-order valence-corrected chi connectivity index (χ1v) is 6.07. The Morgan fingerprint density at radius 2 is 1.84 bits per heavy atom. The molecule has 0 aliphatic rings. The first-order valence-electron chi connectivity index (χ1n) is 5.69. The van der Waals surface area contributed by atoms with Crippen LogP contribution in [0.2, 0.25) is 5.02 Å². The molecule has 0 radical (unpaired) electrons. The van der Waals surface area contributed by atoms with Gasteiger partial charge in [-0.3, -0.25) is 4.79 Å². The van der Waals surface area contributed by atoms with Gasteiger partial charge in [0.25, 0.3) is 0 Å².